The molecule has 0 atom stereocenters. The molecule has 0 unspecified atom stereocenters. The van der Waals surface area contributed by atoms with Crippen LogP contribution in [0.25, 0.3) is 5.65 Å². The Balaban J connectivity index is 2.45. The molecule has 0 saturated heterocycles. The molecule has 0 fully saturated rings. The number of hydrogen-bond acceptors (Lipinski definition) is 4. The van der Waals surface area contributed by atoms with Gasteiger partial charge in [0.25, 0.3) is 0 Å². The number of halogens is 1. The van der Waals surface area contributed by atoms with Crippen LogP contribution in [0.3, 0.4) is 0 Å². The van der Waals surface area contributed by atoms with Crippen LogP contribution in [0.15, 0.2) is 12.4 Å². The standard InChI is InChI=1S/C10H14ClN5/c1-7-14-15-9-8(12-4-5-16(7)9)13-10(2,3)6-11/h4-5H,6H2,1-3H3,(H,12,13). The maximum Gasteiger partial charge on any atom is 0.203 e. The van der Waals surface area contributed by atoms with Crippen molar-refractivity contribution in [3.8, 4) is 0 Å². The first-order valence-electron chi connectivity index (χ1n) is 5.04. The van der Waals surface area contributed by atoms with E-state index >= 15 is 0 Å². The molecule has 16 heavy (non-hydrogen) atoms. The van der Waals surface area contributed by atoms with Crippen molar-refractivity contribution in [2.24, 2.45) is 0 Å². The molecule has 0 bridgehead atoms. The van der Waals surface area contributed by atoms with Crippen LogP contribution < -0.4 is 5.32 Å². The summed E-state index contributed by atoms with van der Waals surface area (Å²) in [7, 11) is 0. The highest BCUT2D eigenvalue weighted by Crippen LogP contribution is 2.18. The molecule has 0 spiro atoms. The van der Waals surface area contributed by atoms with Crippen LogP contribution in [0.4, 0.5) is 5.82 Å². The molecule has 0 amide bonds. The van der Waals surface area contributed by atoms with E-state index in [1.807, 2.05) is 31.4 Å². The van der Waals surface area contributed by atoms with Crippen LogP contribution in [0.2, 0.25) is 0 Å². The molecule has 5 nitrogen and oxygen atoms in total. The average Bonchev–Trinajstić information content (AvgIpc) is 2.62. The van der Waals surface area contributed by atoms with Crippen molar-refractivity contribution in [2.75, 3.05) is 11.2 Å². The lowest BCUT2D eigenvalue weighted by atomic mass is 10.1. The second kappa shape index (κ2) is 3.90. The van der Waals surface area contributed by atoms with Crippen LogP contribution in [0, 0.1) is 6.92 Å². The minimum atomic E-state index is -0.226. The van der Waals surface area contributed by atoms with Crippen molar-refractivity contribution in [1.29, 1.82) is 0 Å². The molecule has 86 valence electrons. The molecule has 6 heteroatoms. The highest BCUT2D eigenvalue weighted by Gasteiger charge is 2.18. The number of aryl methyl sites for hydroxylation is 1. The molecule has 1 N–H and O–H groups in total. The van der Waals surface area contributed by atoms with E-state index in [4.69, 9.17) is 11.6 Å². The van der Waals surface area contributed by atoms with Crippen LogP contribution in [-0.2, 0) is 0 Å². The van der Waals surface area contributed by atoms with Crippen molar-refractivity contribution in [3.05, 3.63) is 18.2 Å². The third-order valence-corrected chi connectivity index (χ3v) is 2.96. The van der Waals surface area contributed by atoms with Gasteiger partial charge in [-0.1, -0.05) is 0 Å². The fourth-order valence-electron chi connectivity index (χ4n) is 1.38. The molecule has 0 radical (unpaired) electrons. The van der Waals surface area contributed by atoms with E-state index < -0.39 is 0 Å². The van der Waals surface area contributed by atoms with E-state index in [0.29, 0.717) is 11.7 Å². The van der Waals surface area contributed by atoms with Crippen molar-refractivity contribution >= 4 is 23.1 Å². The fourth-order valence-corrected chi connectivity index (χ4v) is 1.45. The van der Waals surface area contributed by atoms with Gasteiger partial charge in [0.1, 0.15) is 5.82 Å². The van der Waals surface area contributed by atoms with Crippen LogP contribution in [0.5, 0.6) is 0 Å². The molecule has 2 aromatic heterocycles. The monoisotopic (exact) mass is 239 g/mol. The zero-order valence-corrected chi connectivity index (χ0v) is 10.3. The summed E-state index contributed by atoms with van der Waals surface area (Å²) in [6.07, 6.45) is 3.56. The Bertz CT molecular complexity index is 505. The van der Waals surface area contributed by atoms with Crippen LogP contribution in [0.1, 0.15) is 19.7 Å². The number of anilines is 1. The molecule has 2 aromatic rings. The molecule has 0 aliphatic carbocycles. The van der Waals surface area contributed by atoms with Crippen molar-refractivity contribution in [3.63, 3.8) is 0 Å². The average molecular weight is 240 g/mol. The summed E-state index contributed by atoms with van der Waals surface area (Å²) in [5.74, 6) is 2.03. The van der Waals surface area contributed by atoms with E-state index in [1.54, 1.807) is 6.20 Å². The summed E-state index contributed by atoms with van der Waals surface area (Å²) >= 11 is 5.87. The van der Waals surface area contributed by atoms with Gasteiger partial charge in [-0.15, -0.1) is 21.8 Å². The lowest BCUT2D eigenvalue weighted by Crippen LogP contribution is -2.33. The van der Waals surface area contributed by atoms with Gasteiger partial charge in [0.05, 0.1) is 0 Å². The second-order valence-electron chi connectivity index (χ2n) is 4.36. The zero-order chi connectivity index (χ0) is 11.8. The molecular formula is C10H14ClN5. The minimum Gasteiger partial charge on any atom is -0.361 e. The Labute approximate surface area is 98.9 Å². The Morgan fingerprint density at radius 2 is 2.19 bits per heavy atom. The largest absolute Gasteiger partial charge is 0.361 e. The van der Waals surface area contributed by atoms with Crippen molar-refractivity contribution < 1.29 is 0 Å². The normalized spacial score (nSPS) is 12.0. The third kappa shape index (κ3) is 1.95. The van der Waals surface area contributed by atoms with Gasteiger partial charge in [0.15, 0.2) is 5.82 Å². The number of fused-ring (bicyclic) bond motifs is 1. The number of alkyl halides is 1. The van der Waals surface area contributed by atoms with E-state index in [2.05, 4.69) is 20.5 Å². The van der Waals surface area contributed by atoms with Crippen molar-refractivity contribution in [2.45, 2.75) is 26.3 Å². The topological polar surface area (TPSA) is 55.1 Å². The molecule has 0 aromatic carbocycles. The molecule has 0 aliphatic rings. The lowest BCUT2D eigenvalue weighted by Gasteiger charge is -2.23. The summed E-state index contributed by atoms with van der Waals surface area (Å²) < 4.78 is 1.89. The first-order valence-corrected chi connectivity index (χ1v) is 5.57. The molecule has 0 saturated carbocycles. The summed E-state index contributed by atoms with van der Waals surface area (Å²) in [4.78, 5) is 4.26. The minimum absolute atomic E-state index is 0.226. The van der Waals surface area contributed by atoms with Crippen molar-refractivity contribution in [1.82, 2.24) is 19.6 Å². The van der Waals surface area contributed by atoms with Gasteiger partial charge in [-0.2, -0.15) is 0 Å². The van der Waals surface area contributed by atoms with Gasteiger partial charge >= 0.3 is 0 Å². The Morgan fingerprint density at radius 1 is 1.44 bits per heavy atom. The van der Waals surface area contributed by atoms with Gasteiger partial charge in [-0.05, 0) is 20.8 Å². The van der Waals surface area contributed by atoms with Gasteiger partial charge in [-0.3, -0.25) is 4.40 Å². The smallest absolute Gasteiger partial charge is 0.203 e. The number of aromatic nitrogens is 4. The van der Waals surface area contributed by atoms with Crippen LogP contribution >= 0.6 is 11.6 Å². The van der Waals surface area contributed by atoms with Gasteiger partial charge in [0.2, 0.25) is 5.65 Å². The summed E-state index contributed by atoms with van der Waals surface area (Å²) in [6, 6.07) is 0. The molecule has 2 heterocycles. The predicted octanol–water partition coefficient (Wildman–Crippen LogP) is 1.86. The summed E-state index contributed by atoms with van der Waals surface area (Å²) in [5.41, 5.74) is 0.495. The quantitative estimate of drug-likeness (QED) is 0.831. The van der Waals surface area contributed by atoms with Gasteiger partial charge in [0, 0.05) is 23.8 Å². The molecular weight excluding hydrogens is 226 g/mol. The maximum absolute atomic E-state index is 5.87. The predicted molar refractivity (Wildman–Crippen MR) is 63.9 cm³/mol. The lowest BCUT2D eigenvalue weighted by molar-refractivity contribution is 0.638. The van der Waals surface area contributed by atoms with E-state index in [9.17, 15) is 0 Å². The zero-order valence-electron chi connectivity index (χ0n) is 9.53. The molecule has 0 aliphatic heterocycles. The van der Waals surface area contributed by atoms with Crippen LogP contribution in [-0.4, -0.2) is 31.0 Å². The SMILES string of the molecule is Cc1nnc2c(NC(C)(C)CCl)nccn12. The number of nitrogens with one attached hydrogen (secondary N) is 1. The molecule has 2 rings (SSSR count). The highest BCUT2D eigenvalue weighted by molar-refractivity contribution is 6.18. The maximum atomic E-state index is 5.87. The van der Waals surface area contributed by atoms with E-state index in [0.717, 1.165) is 11.5 Å². The Kier molecular flexibility index (Phi) is 2.71. The number of hydrogen-bond donors (Lipinski definition) is 1. The number of nitrogens with zero attached hydrogens (tertiary/aromatic N) is 4. The van der Waals surface area contributed by atoms with Gasteiger partial charge in [-0.25, -0.2) is 4.98 Å². The first kappa shape index (κ1) is 11.1. The van der Waals surface area contributed by atoms with Gasteiger partial charge < -0.3 is 5.32 Å². The second-order valence-corrected chi connectivity index (χ2v) is 4.63. The summed E-state index contributed by atoms with van der Waals surface area (Å²) in [6.45, 7) is 5.92. The number of rotatable bonds is 3. The first-order chi connectivity index (χ1) is 7.53. The van der Waals surface area contributed by atoms with E-state index in [1.165, 1.54) is 0 Å². The Morgan fingerprint density at radius 3 is 2.88 bits per heavy atom. The summed E-state index contributed by atoms with van der Waals surface area (Å²) in [5, 5.41) is 11.4. The highest BCUT2D eigenvalue weighted by atomic mass is 35.5. The third-order valence-electron chi connectivity index (χ3n) is 2.29. The van der Waals surface area contributed by atoms with E-state index in [-0.39, 0.29) is 5.54 Å². The Hall–Kier alpha value is -1.36. The fraction of sp³-hybridized carbons (Fsp3) is 0.500.